The van der Waals surface area contributed by atoms with E-state index in [-0.39, 0.29) is 6.29 Å². The topological polar surface area (TPSA) is 36.9 Å². The van der Waals surface area contributed by atoms with Gasteiger partial charge in [-0.15, -0.1) is 0 Å². The van der Waals surface area contributed by atoms with Gasteiger partial charge in [0.25, 0.3) is 0 Å². The highest BCUT2D eigenvalue weighted by Gasteiger charge is 2.30. The molecule has 136 valence electrons. The van der Waals surface area contributed by atoms with Crippen LogP contribution in [0.15, 0.2) is 66.6 Å². The number of hydrogen-bond donors (Lipinski definition) is 0. The maximum atomic E-state index is 5.91. The van der Waals surface area contributed by atoms with E-state index < -0.39 is 0 Å². The zero-order chi connectivity index (χ0) is 17.6. The number of rotatable bonds is 6. The minimum absolute atomic E-state index is 0.129. The molecule has 0 amide bonds. The molecule has 4 nitrogen and oxygen atoms in total. The molecule has 4 heteroatoms. The van der Waals surface area contributed by atoms with E-state index in [4.69, 9.17) is 18.9 Å². The standard InChI is InChI=1S/C22H24O4/c1-3-7-17(8-4-1)22-24-16-21(26-22)15-23-18-11-13-20(14-12-18)25-19-9-5-2-6-10-19/h2,5-6,9-14,16-17,22H,1,3-4,7-8,15H2. The van der Waals surface area contributed by atoms with Crippen molar-refractivity contribution in [3.05, 3.63) is 66.6 Å². The summed E-state index contributed by atoms with van der Waals surface area (Å²) in [6.07, 6.45) is 7.83. The Kier molecular flexibility index (Phi) is 5.29. The minimum atomic E-state index is -0.129. The molecule has 1 unspecified atom stereocenters. The summed E-state index contributed by atoms with van der Waals surface area (Å²) in [5, 5.41) is 0. The molecule has 1 aliphatic carbocycles. The summed E-state index contributed by atoms with van der Waals surface area (Å²) in [6, 6.07) is 17.3. The Bertz CT molecular complexity index is 718. The first kappa shape index (κ1) is 16.8. The van der Waals surface area contributed by atoms with Crippen molar-refractivity contribution in [3.63, 3.8) is 0 Å². The van der Waals surface area contributed by atoms with Crippen LogP contribution in [0.2, 0.25) is 0 Å². The maximum absolute atomic E-state index is 5.91. The van der Waals surface area contributed by atoms with E-state index in [1.54, 1.807) is 6.26 Å². The molecule has 2 aromatic rings. The van der Waals surface area contributed by atoms with Gasteiger partial charge in [0.2, 0.25) is 6.29 Å². The molecule has 2 aliphatic rings. The highest BCUT2D eigenvalue weighted by atomic mass is 16.7. The van der Waals surface area contributed by atoms with Crippen molar-refractivity contribution < 1.29 is 18.9 Å². The van der Waals surface area contributed by atoms with Gasteiger partial charge in [-0.05, 0) is 49.2 Å². The Labute approximate surface area is 154 Å². The zero-order valence-electron chi connectivity index (χ0n) is 14.8. The molecule has 1 atom stereocenters. The Morgan fingerprint density at radius 2 is 1.50 bits per heavy atom. The second-order valence-electron chi connectivity index (χ2n) is 6.78. The zero-order valence-corrected chi connectivity index (χ0v) is 14.8. The van der Waals surface area contributed by atoms with Crippen LogP contribution in [0.25, 0.3) is 0 Å². The Morgan fingerprint density at radius 3 is 2.27 bits per heavy atom. The van der Waals surface area contributed by atoms with Gasteiger partial charge in [0.05, 0.1) is 0 Å². The Morgan fingerprint density at radius 1 is 0.808 bits per heavy atom. The van der Waals surface area contributed by atoms with Crippen LogP contribution < -0.4 is 9.47 Å². The number of para-hydroxylation sites is 1. The van der Waals surface area contributed by atoms with Crippen LogP contribution in [-0.2, 0) is 9.47 Å². The minimum Gasteiger partial charge on any atom is -0.486 e. The third kappa shape index (κ3) is 4.31. The third-order valence-corrected chi connectivity index (χ3v) is 4.82. The average Bonchev–Trinajstić information content (AvgIpc) is 3.18. The van der Waals surface area contributed by atoms with Crippen LogP contribution in [0.5, 0.6) is 17.2 Å². The average molecular weight is 352 g/mol. The van der Waals surface area contributed by atoms with Gasteiger partial charge in [-0.1, -0.05) is 37.5 Å². The molecule has 1 heterocycles. The summed E-state index contributed by atoms with van der Waals surface area (Å²) in [7, 11) is 0. The lowest BCUT2D eigenvalue weighted by Crippen LogP contribution is -2.24. The lowest BCUT2D eigenvalue weighted by Gasteiger charge is -2.26. The monoisotopic (exact) mass is 352 g/mol. The van der Waals surface area contributed by atoms with E-state index in [1.165, 1.54) is 32.1 Å². The van der Waals surface area contributed by atoms with Crippen molar-refractivity contribution in [2.75, 3.05) is 6.61 Å². The summed E-state index contributed by atoms with van der Waals surface area (Å²) in [5.74, 6) is 3.63. The fraction of sp³-hybridized carbons (Fsp3) is 0.364. The van der Waals surface area contributed by atoms with Gasteiger partial charge in [-0.25, -0.2) is 0 Å². The van der Waals surface area contributed by atoms with Crippen LogP contribution in [-0.4, -0.2) is 12.9 Å². The summed E-state index contributed by atoms with van der Waals surface area (Å²) >= 11 is 0. The van der Waals surface area contributed by atoms with Crippen molar-refractivity contribution >= 4 is 0 Å². The third-order valence-electron chi connectivity index (χ3n) is 4.82. The Balaban J connectivity index is 1.25. The Hall–Kier alpha value is -2.62. The van der Waals surface area contributed by atoms with Gasteiger partial charge in [0.1, 0.15) is 30.1 Å². The molecule has 0 N–H and O–H groups in total. The largest absolute Gasteiger partial charge is 0.486 e. The molecule has 4 rings (SSSR count). The highest BCUT2D eigenvalue weighted by Crippen LogP contribution is 2.32. The van der Waals surface area contributed by atoms with Gasteiger partial charge in [-0.3, -0.25) is 0 Å². The predicted octanol–water partition coefficient (Wildman–Crippen LogP) is 5.65. The maximum Gasteiger partial charge on any atom is 0.243 e. The SMILES string of the molecule is C1=C(COc2ccc(Oc3ccccc3)cc2)OC(C2CCCCC2)O1. The number of hydrogen-bond acceptors (Lipinski definition) is 4. The number of benzene rings is 2. The quantitative estimate of drug-likeness (QED) is 0.673. The summed E-state index contributed by atoms with van der Waals surface area (Å²) < 4.78 is 23.2. The smallest absolute Gasteiger partial charge is 0.243 e. The van der Waals surface area contributed by atoms with Gasteiger partial charge in [-0.2, -0.15) is 0 Å². The van der Waals surface area contributed by atoms with Crippen LogP contribution in [0.1, 0.15) is 32.1 Å². The molecule has 0 aromatic heterocycles. The first-order valence-electron chi connectivity index (χ1n) is 9.34. The molecule has 1 fully saturated rings. The lowest BCUT2D eigenvalue weighted by atomic mass is 9.89. The number of ether oxygens (including phenoxy) is 4. The fourth-order valence-corrected chi connectivity index (χ4v) is 3.41. The van der Waals surface area contributed by atoms with E-state index >= 15 is 0 Å². The second-order valence-corrected chi connectivity index (χ2v) is 6.78. The summed E-state index contributed by atoms with van der Waals surface area (Å²) in [5.41, 5.74) is 0. The molecule has 1 saturated carbocycles. The molecule has 0 bridgehead atoms. The van der Waals surface area contributed by atoms with E-state index in [2.05, 4.69) is 0 Å². The lowest BCUT2D eigenvalue weighted by molar-refractivity contribution is -0.0864. The molecule has 1 aliphatic heterocycles. The van der Waals surface area contributed by atoms with Crippen molar-refractivity contribution in [3.8, 4) is 17.2 Å². The van der Waals surface area contributed by atoms with Gasteiger partial charge < -0.3 is 18.9 Å². The molecular weight excluding hydrogens is 328 g/mol. The molecule has 0 saturated heterocycles. The van der Waals surface area contributed by atoms with Crippen molar-refractivity contribution in [2.45, 2.75) is 38.4 Å². The molecule has 26 heavy (non-hydrogen) atoms. The van der Waals surface area contributed by atoms with Crippen LogP contribution in [0.4, 0.5) is 0 Å². The van der Waals surface area contributed by atoms with Crippen molar-refractivity contribution in [2.24, 2.45) is 5.92 Å². The summed E-state index contributed by atoms with van der Waals surface area (Å²) in [4.78, 5) is 0. The second kappa shape index (κ2) is 8.17. The first-order chi connectivity index (χ1) is 12.9. The fourth-order valence-electron chi connectivity index (χ4n) is 3.41. The van der Waals surface area contributed by atoms with E-state index in [9.17, 15) is 0 Å². The molecule has 2 aromatic carbocycles. The van der Waals surface area contributed by atoms with Gasteiger partial charge in [0, 0.05) is 5.92 Å². The highest BCUT2D eigenvalue weighted by molar-refractivity contribution is 5.35. The predicted molar refractivity (Wildman–Crippen MR) is 99.1 cm³/mol. The van der Waals surface area contributed by atoms with Crippen molar-refractivity contribution in [1.29, 1.82) is 0 Å². The van der Waals surface area contributed by atoms with Crippen LogP contribution >= 0.6 is 0 Å². The van der Waals surface area contributed by atoms with Gasteiger partial charge in [0.15, 0.2) is 5.76 Å². The summed E-state index contributed by atoms with van der Waals surface area (Å²) in [6.45, 7) is 0.377. The molecule has 0 spiro atoms. The van der Waals surface area contributed by atoms with E-state index in [0.717, 1.165) is 23.0 Å². The molecule has 0 radical (unpaired) electrons. The van der Waals surface area contributed by atoms with Gasteiger partial charge >= 0.3 is 0 Å². The van der Waals surface area contributed by atoms with Crippen molar-refractivity contribution in [1.82, 2.24) is 0 Å². The normalized spacial score (nSPS) is 20.0. The van der Waals surface area contributed by atoms with Crippen LogP contribution in [0.3, 0.4) is 0 Å². The van der Waals surface area contributed by atoms with E-state index in [0.29, 0.717) is 12.5 Å². The first-order valence-corrected chi connectivity index (χ1v) is 9.34. The van der Waals surface area contributed by atoms with E-state index in [1.807, 2.05) is 54.6 Å². The van der Waals surface area contributed by atoms with Crippen LogP contribution in [0, 0.1) is 5.92 Å². The molecular formula is C22H24O4.